The number of nitrogens with one attached hydrogen (secondary N) is 2. The van der Waals surface area contributed by atoms with Crippen molar-refractivity contribution in [3.8, 4) is 0 Å². The second kappa shape index (κ2) is 14.0. The Kier molecular flexibility index (Phi) is 11.6. The van der Waals surface area contributed by atoms with Crippen LogP contribution in [0.4, 0.5) is 0 Å². The standard InChI is InChI=1S/C23H43N3O3/c1-2-3-4-14-25-21(23(28)29)8-9-22(27)26-17-12-20(13-18-26)7-5-6-19-10-15-24-16-11-19/h19-21,24-25H,2-18H2,1H3,(H,28,29)/t21-/m0/s1. The van der Waals surface area contributed by atoms with Gasteiger partial charge in [0.1, 0.15) is 6.04 Å². The molecule has 0 aromatic rings. The first-order chi connectivity index (χ1) is 14.1. The summed E-state index contributed by atoms with van der Waals surface area (Å²) >= 11 is 0. The normalized spacial score (nSPS) is 20.0. The molecule has 0 aromatic carbocycles. The van der Waals surface area contributed by atoms with Gasteiger partial charge in [-0.2, -0.15) is 0 Å². The number of amides is 1. The Hall–Kier alpha value is -1.14. The molecule has 2 aliphatic rings. The van der Waals surface area contributed by atoms with Crippen molar-refractivity contribution in [1.82, 2.24) is 15.5 Å². The largest absolute Gasteiger partial charge is 0.480 e. The van der Waals surface area contributed by atoms with Gasteiger partial charge in [-0.05, 0) is 70.0 Å². The fraction of sp³-hybridized carbons (Fsp3) is 0.913. The summed E-state index contributed by atoms with van der Waals surface area (Å²) in [6, 6.07) is -0.608. The molecular formula is C23H43N3O3. The highest BCUT2D eigenvalue weighted by Gasteiger charge is 2.25. The predicted octanol–water partition coefficient (Wildman–Crippen LogP) is 3.41. The maximum atomic E-state index is 12.5. The molecule has 2 aliphatic heterocycles. The van der Waals surface area contributed by atoms with Crippen LogP contribution in [0.5, 0.6) is 0 Å². The molecule has 0 saturated carbocycles. The van der Waals surface area contributed by atoms with Crippen LogP contribution >= 0.6 is 0 Å². The molecule has 6 heteroatoms. The second-order valence-electron chi connectivity index (χ2n) is 9.04. The Labute approximate surface area is 177 Å². The molecule has 29 heavy (non-hydrogen) atoms. The fourth-order valence-electron chi connectivity index (χ4n) is 4.73. The second-order valence-corrected chi connectivity index (χ2v) is 9.04. The summed E-state index contributed by atoms with van der Waals surface area (Å²) in [4.78, 5) is 25.9. The molecule has 6 nitrogen and oxygen atoms in total. The molecule has 2 heterocycles. The minimum absolute atomic E-state index is 0.125. The maximum Gasteiger partial charge on any atom is 0.320 e. The molecule has 3 N–H and O–H groups in total. The van der Waals surface area contributed by atoms with Crippen molar-refractivity contribution in [3.63, 3.8) is 0 Å². The number of carboxylic acid groups (broad SMARTS) is 1. The lowest BCUT2D eigenvalue weighted by molar-refractivity contribution is -0.140. The van der Waals surface area contributed by atoms with Gasteiger partial charge in [-0.3, -0.25) is 9.59 Å². The number of unbranched alkanes of at least 4 members (excludes halogenated alkanes) is 2. The van der Waals surface area contributed by atoms with Gasteiger partial charge in [-0.15, -0.1) is 0 Å². The first-order valence-corrected chi connectivity index (χ1v) is 12.0. The van der Waals surface area contributed by atoms with Crippen molar-refractivity contribution in [2.24, 2.45) is 11.8 Å². The van der Waals surface area contributed by atoms with E-state index in [4.69, 9.17) is 0 Å². The third-order valence-corrected chi connectivity index (χ3v) is 6.77. The molecule has 0 bridgehead atoms. The summed E-state index contributed by atoms with van der Waals surface area (Å²) in [5.74, 6) is 0.949. The predicted molar refractivity (Wildman–Crippen MR) is 117 cm³/mol. The molecule has 0 unspecified atom stereocenters. The van der Waals surface area contributed by atoms with Crippen LogP contribution in [0.2, 0.25) is 0 Å². The molecule has 168 valence electrons. The SMILES string of the molecule is CCCCCN[C@@H](CCC(=O)N1CCC(CCCC2CCNCC2)CC1)C(=O)O. The maximum absolute atomic E-state index is 12.5. The molecule has 0 spiro atoms. The van der Waals surface area contributed by atoms with Crippen molar-refractivity contribution in [2.75, 3.05) is 32.7 Å². The molecule has 0 aliphatic carbocycles. The topological polar surface area (TPSA) is 81.7 Å². The highest BCUT2D eigenvalue weighted by Crippen LogP contribution is 2.26. The van der Waals surface area contributed by atoms with Gasteiger partial charge in [-0.25, -0.2) is 0 Å². The van der Waals surface area contributed by atoms with E-state index in [-0.39, 0.29) is 5.91 Å². The zero-order valence-corrected chi connectivity index (χ0v) is 18.5. The number of piperidine rings is 2. The number of aliphatic carboxylic acids is 1. The number of hydrogen-bond acceptors (Lipinski definition) is 4. The first-order valence-electron chi connectivity index (χ1n) is 12.0. The smallest absolute Gasteiger partial charge is 0.320 e. The molecule has 2 rings (SSSR count). The number of hydrogen-bond donors (Lipinski definition) is 3. The van der Waals surface area contributed by atoms with Crippen LogP contribution in [0.3, 0.4) is 0 Å². The third-order valence-electron chi connectivity index (χ3n) is 6.77. The van der Waals surface area contributed by atoms with Crippen LogP contribution in [-0.2, 0) is 9.59 Å². The van der Waals surface area contributed by atoms with Gasteiger partial charge in [0.25, 0.3) is 0 Å². The van der Waals surface area contributed by atoms with Gasteiger partial charge in [0.15, 0.2) is 0 Å². The van der Waals surface area contributed by atoms with Crippen molar-refractivity contribution < 1.29 is 14.7 Å². The quantitative estimate of drug-likeness (QED) is 0.406. The van der Waals surface area contributed by atoms with E-state index >= 15 is 0 Å². The van der Waals surface area contributed by atoms with E-state index < -0.39 is 12.0 Å². The van der Waals surface area contributed by atoms with E-state index in [2.05, 4.69) is 17.6 Å². The summed E-state index contributed by atoms with van der Waals surface area (Å²) < 4.78 is 0. The first kappa shape index (κ1) is 24.1. The van der Waals surface area contributed by atoms with Crippen molar-refractivity contribution in [1.29, 1.82) is 0 Å². The molecule has 2 fully saturated rings. The molecule has 2 saturated heterocycles. The van der Waals surface area contributed by atoms with Gasteiger partial charge in [0.05, 0.1) is 0 Å². The van der Waals surface area contributed by atoms with Gasteiger partial charge in [0.2, 0.25) is 5.91 Å². The van der Waals surface area contributed by atoms with Gasteiger partial charge in [-0.1, -0.05) is 39.0 Å². The number of carbonyl (C=O) groups is 2. The molecule has 0 aromatic heterocycles. The Morgan fingerprint density at radius 1 is 1.03 bits per heavy atom. The van der Waals surface area contributed by atoms with Crippen LogP contribution in [0.25, 0.3) is 0 Å². The van der Waals surface area contributed by atoms with E-state index in [1.807, 2.05) is 4.90 Å². The molecule has 0 radical (unpaired) electrons. The average Bonchev–Trinajstić information content (AvgIpc) is 2.74. The number of nitrogens with zero attached hydrogens (tertiary/aromatic N) is 1. The van der Waals surface area contributed by atoms with Crippen molar-refractivity contribution in [2.45, 2.75) is 90.0 Å². The third kappa shape index (κ3) is 9.47. The summed E-state index contributed by atoms with van der Waals surface area (Å²) in [6.45, 7) is 6.90. The van der Waals surface area contributed by atoms with Gasteiger partial charge < -0.3 is 20.6 Å². The van der Waals surface area contributed by atoms with Gasteiger partial charge in [0, 0.05) is 19.5 Å². The summed E-state index contributed by atoms with van der Waals surface area (Å²) in [6.07, 6.45) is 12.8. The number of likely N-dealkylation sites (tertiary alicyclic amines) is 1. The highest BCUT2D eigenvalue weighted by molar-refractivity contribution is 5.78. The van der Waals surface area contributed by atoms with E-state index in [9.17, 15) is 14.7 Å². The lowest BCUT2D eigenvalue weighted by Crippen LogP contribution is -2.41. The monoisotopic (exact) mass is 409 g/mol. The highest BCUT2D eigenvalue weighted by atomic mass is 16.4. The van der Waals surface area contributed by atoms with Crippen LogP contribution in [0, 0.1) is 11.8 Å². The average molecular weight is 410 g/mol. The van der Waals surface area contributed by atoms with Crippen LogP contribution in [0.15, 0.2) is 0 Å². The van der Waals surface area contributed by atoms with Crippen LogP contribution < -0.4 is 10.6 Å². The van der Waals surface area contributed by atoms with E-state index in [0.717, 1.165) is 57.0 Å². The molecule has 1 atom stereocenters. The summed E-state index contributed by atoms with van der Waals surface area (Å²) in [5.41, 5.74) is 0. The summed E-state index contributed by atoms with van der Waals surface area (Å²) in [5, 5.41) is 15.9. The summed E-state index contributed by atoms with van der Waals surface area (Å²) in [7, 11) is 0. The molecular weight excluding hydrogens is 366 g/mol. The number of carboxylic acids is 1. The lowest BCUT2D eigenvalue weighted by atomic mass is 9.87. The van der Waals surface area contributed by atoms with Gasteiger partial charge >= 0.3 is 5.97 Å². The Balaban J connectivity index is 1.58. The number of rotatable bonds is 13. The van der Waals surface area contributed by atoms with E-state index in [1.165, 1.54) is 45.2 Å². The van der Waals surface area contributed by atoms with E-state index in [0.29, 0.717) is 19.4 Å². The van der Waals surface area contributed by atoms with Crippen molar-refractivity contribution >= 4 is 11.9 Å². The lowest BCUT2D eigenvalue weighted by Gasteiger charge is -2.32. The minimum atomic E-state index is -0.846. The zero-order chi connectivity index (χ0) is 20.9. The van der Waals surface area contributed by atoms with E-state index in [1.54, 1.807) is 0 Å². The fourth-order valence-corrected chi connectivity index (χ4v) is 4.73. The van der Waals surface area contributed by atoms with Crippen LogP contribution in [-0.4, -0.2) is 60.6 Å². The number of carbonyl (C=O) groups excluding carboxylic acids is 1. The Morgan fingerprint density at radius 2 is 1.69 bits per heavy atom. The molecule has 1 amide bonds. The van der Waals surface area contributed by atoms with Crippen molar-refractivity contribution in [3.05, 3.63) is 0 Å². The Bertz CT molecular complexity index is 472. The van der Waals surface area contributed by atoms with Crippen LogP contribution in [0.1, 0.15) is 84.0 Å². The zero-order valence-electron chi connectivity index (χ0n) is 18.5. The minimum Gasteiger partial charge on any atom is -0.480 e. The Morgan fingerprint density at radius 3 is 2.31 bits per heavy atom.